The highest BCUT2D eigenvalue weighted by Gasteiger charge is 2.16. The third-order valence-electron chi connectivity index (χ3n) is 3.58. The first-order valence-electron chi connectivity index (χ1n) is 7.11. The third-order valence-corrected chi connectivity index (χ3v) is 3.58. The Morgan fingerprint density at radius 1 is 1.00 bits per heavy atom. The van der Waals surface area contributed by atoms with E-state index in [9.17, 15) is 9.90 Å². The summed E-state index contributed by atoms with van der Waals surface area (Å²) in [6.07, 6.45) is 0.126. The van der Waals surface area contributed by atoms with Crippen LogP contribution in [0.2, 0.25) is 0 Å². The molecule has 3 heteroatoms. The molecule has 0 radical (unpaired) electrons. The van der Waals surface area contributed by atoms with Gasteiger partial charge in [-0.2, -0.15) is 0 Å². The molecular weight excluding hydrogens is 264 g/mol. The van der Waals surface area contributed by atoms with Gasteiger partial charge in [0.05, 0.1) is 12.0 Å². The van der Waals surface area contributed by atoms with Gasteiger partial charge in [0.2, 0.25) is 0 Å². The highest BCUT2D eigenvalue weighted by Crippen LogP contribution is 2.20. The van der Waals surface area contributed by atoms with E-state index in [4.69, 9.17) is 5.11 Å². The molecule has 0 saturated heterocycles. The molecule has 0 bridgehead atoms. The van der Waals surface area contributed by atoms with Crippen LogP contribution in [-0.4, -0.2) is 22.3 Å². The SMILES string of the molecule is CC(CC(O)Cc1ccc(-c2ccccc2)cc1)C(=O)O. The molecule has 0 aromatic heterocycles. The normalized spacial score (nSPS) is 13.6. The molecule has 0 aliphatic rings. The number of hydrogen-bond acceptors (Lipinski definition) is 2. The molecule has 0 amide bonds. The Balaban J connectivity index is 1.98. The molecule has 0 aliphatic heterocycles. The summed E-state index contributed by atoms with van der Waals surface area (Å²) < 4.78 is 0. The van der Waals surface area contributed by atoms with Gasteiger partial charge in [0.15, 0.2) is 0 Å². The second-order valence-corrected chi connectivity index (χ2v) is 5.40. The van der Waals surface area contributed by atoms with Gasteiger partial charge in [0.25, 0.3) is 0 Å². The average molecular weight is 284 g/mol. The van der Waals surface area contributed by atoms with Crippen LogP contribution in [0.25, 0.3) is 11.1 Å². The molecule has 0 aliphatic carbocycles. The average Bonchev–Trinajstić information content (AvgIpc) is 2.48. The first-order valence-corrected chi connectivity index (χ1v) is 7.11. The summed E-state index contributed by atoms with van der Waals surface area (Å²) in [5, 5.41) is 18.8. The molecule has 0 heterocycles. The van der Waals surface area contributed by atoms with Crippen LogP contribution in [0.1, 0.15) is 18.9 Å². The summed E-state index contributed by atoms with van der Waals surface area (Å²) in [7, 11) is 0. The molecule has 21 heavy (non-hydrogen) atoms. The third kappa shape index (κ3) is 4.43. The number of aliphatic hydroxyl groups is 1. The van der Waals surface area contributed by atoms with E-state index in [1.807, 2.05) is 42.5 Å². The van der Waals surface area contributed by atoms with Gasteiger partial charge in [-0.3, -0.25) is 4.79 Å². The number of aliphatic hydroxyl groups excluding tert-OH is 1. The predicted octanol–water partition coefficient (Wildman–Crippen LogP) is 3.37. The first kappa shape index (κ1) is 15.3. The number of carboxylic acid groups (broad SMARTS) is 1. The molecule has 2 atom stereocenters. The van der Waals surface area contributed by atoms with Gasteiger partial charge in [-0.25, -0.2) is 0 Å². The number of hydrogen-bond donors (Lipinski definition) is 2. The Kier molecular flexibility index (Phi) is 5.12. The fraction of sp³-hybridized carbons (Fsp3) is 0.278. The Morgan fingerprint density at radius 2 is 1.57 bits per heavy atom. The van der Waals surface area contributed by atoms with Crippen molar-refractivity contribution in [2.24, 2.45) is 5.92 Å². The van der Waals surface area contributed by atoms with Crippen molar-refractivity contribution in [3.63, 3.8) is 0 Å². The Hall–Kier alpha value is -2.13. The number of carboxylic acids is 1. The van der Waals surface area contributed by atoms with Crippen molar-refractivity contribution >= 4 is 5.97 Å². The van der Waals surface area contributed by atoms with Crippen LogP contribution in [0.3, 0.4) is 0 Å². The quantitative estimate of drug-likeness (QED) is 0.855. The number of aliphatic carboxylic acids is 1. The zero-order chi connectivity index (χ0) is 15.2. The van der Waals surface area contributed by atoms with Crippen LogP contribution in [0.15, 0.2) is 54.6 Å². The Labute approximate surface area is 124 Å². The maximum Gasteiger partial charge on any atom is 0.306 e. The highest BCUT2D eigenvalue weighted by molar-refractivity contribution is 5.69. The van der Waals surface area contributed by atoms with Gasteiger partial charge in [0.1, 0.15) is 0 Å². The zero-order valence-electron chi connectivity index (χ0n) is 12.1. The summed E-state index contributed by atoms with van der Waals surface area (Å²) in [6.45, 7) is 1.62. The topological polar surface area (TPSA) is 57.5 Å². The van der Waals surface area contributed by atoms with Crippen LogP contribution >= 0.6 is 0 Å². The van der Waals surface area contributed by atoms with Crippen LogP contribution in [0.4, 0.5) is 0 Å². The van der Waals surface area contributed by atoms with Gasteiger partial charge in [-0.05, 0) is 29.5 Å². The van der Waals surface area contributed by atoms with E-state index >= 15 is 0 Å². The van der Waals surface area contributed by atoms with E-state index in [1.165, 1.54) is 0 Å². The van der Waals surface area contributed by atoms with Gasteiger partial charge >= 0.3 is 5.97 Å². The van der Waals surface area contributed by atoms with Crippen molar-refractivity contribution in [3.05, 3.63) is 60.2 Å². The molecular formula is C18H20O3. The molecule has 3 nitrogen and oxygen atoms in total. The van der Waals surface area contributed by atoms with Gasteiger partial charge in [-0.1, -0.05) is 61.5 Å². The minimum Gasteiger partial charge on any atom is -0.481 e. The van der Waals surface area contributed by atoms with Crippen molar-refractivity contribution in [1.82, 2.24) is 0 Å². The minimum atomic E-state index is -0.867. The summed E-state index contributed by atoms with van der Waals surface area (Å²) in [4.78, 5) is 10.8. The van der Waals surface area contributed by atoms with Gasteiger partial charge in [0, 0.05) is 0 Å². The largest absolute Gasteiger partial charge is 0.481 e. The number of carbonyl (C=O) groups is 1. The monoisotopic (exact) mass is 284 g/mol. The van der Waals surface area contributed by atoms with Gasteiger partial charge in [-0.15, -0.1) is 0 Å². The second kappa shape index (κ2) is 7.04. The van der Waals surface area contributed by atoms with E-state index in [1.54, 1.807) is 6.92 Å². The Bertz CT molecular complexity index is 575. The van der Waals surface area contributed by atoms with Crippen molar-refractivity contribution in [2.45, 2.75) is 25.9 Å². The number of benzene rings is 2. The lowest BCUT2D eigenvalue weighted by Crippen LogP contribution is -2.19. The molecule has 2 rings (SSSR count). The highest BCUT2D eigenvalue weighted by atomic mass is 16.4. The van der Waals surface area contributed by atoms with E-state index in [0.717, 1.165) is 16.7 Å². The smallest absolute Gasteiger partial charge is 0.306 e. The lowest BCUT2D eigenvalue weighted by molar-refractivity contribution is -0.142. The second-order valence-electron chi connectivity index (χ2n) is 5.40. The van der Waals surface area contributed by atoms with Crippen molar-refractivity contribution in [3.8, 4) is 11.1 Å². The molecule has 2 unspecified atom stereocenters. The lowest BCUT2D eigenvalue weighted by atomic mass is 9.97. The standard InChI is InChI=1S/C18H20O3/c1-13(18(20)21)11-17(19)12-14-7-9-16(10-8-14)15-5-3-2-4-6-15/h2-10,13,17,19H,11-12H2,1H3,(H,20,21). The van der Waals surface area contributed by atoms with Crippen LogP contribution in [0, 0.1) is 5.92 Å². The molecule has 2 aromatic rings. The van der Waals surface area contributed by atoms with E-state index in [-0.39, 0.29) is 6.42 Å². The van der Waals surface area contributed by atoms with Crippen LogP contribution in [-0.2, 0) is 11.2 Å². The zero-order valence-corrected chi connectivity index (χ0v) is 12.1. The first-order chi connectivity index (χ1) is 10.1. The van der Waals surface area contributed by atoms with E-state index in [2.05, 4.69) is 12.1 Å². The lowest BCUT2D eigenvalue weighted by Gasteiger charge is -2.13. The van der Waals surface area contributed by atoms with Crippen molar-refractivity contribution in [2.75, 3.05) is 0 Å². The fourth-order valence-electron chi connectivity index (χ4n) is 2.33. The molecule has 0 fully saturated rings. The maximum absolute atomic E-state index is 10.8. The summed E-state index contributed by atoms with van der Waals surface area (Å²) in [6, 6.07) is 18.1. The van der Waals surface area contributed by atoms with E-state index in [0.29, 0.717) is 6.42 Å². The molecule has 110 valence electrons. The van der Waals surface area contributed by atoms with E-state index < -0.39 is 18.0 Å². The molecule has 0 saturated carbocycles. The minimum absolute atomic E-state index is 0.274. The van der Waals surface area contributed by atoms with Crippen molar-refractivity contribution in [1.29, 1.82) is 0 Å². The van der Waals surface area contributed by atoms with Crippen LogP contribution in [0.5, 0.6) is 0 Å². The van der Waals surface area contributed by atoms with Gasteiger partial charge < -0.3 is 10.2 Å². The van der Waals surface area contributed by atoms with Crippen LogP contribution < -0.4 is 0 Å². The predicted molar refractivity (Wildman–Crippen MR) is 83.0 cm³/mol. The summed E-state index contributed by atoms with van der Waals surface area (Å²) in [5.74, 6) is -1.39. The fourth-order valence-corrected chi connectivity index (χ4v) is 2.33. The summed E-state index contributed by atoms with van der Waals surface area (Å²) in [5.41, 5.74) is 3.30. The molecule has 2 aromatic carbocycles. The molecule has 2 N–H and O–H groups in total. The molecule has 0 spiro atoms. The van der Waals surface area contributed by atoms with Crippen molar-refractivity contribution < 1.29 is 15.0 Å². The Morgan fingerprint density at radius 3 is 2.14 bits per heavy atom. The summed E-state index contributed by atoms with van der Waals surface area (Å²) >= 11 is 0. The maximum atomic E-state index is 10.8. The number of rotatable bonds is 6.